The number of rotatable bonds is 8. The second kappa shape index (κ2) is 8.48. The molecule has 5 heteroatoms. The Balaban J connectivity index is 2.37. The summed E-state index contributed by atoms with van der Waals surface area (Å²) in [7, 11) is 0.472. The van der Waals surface area contributed by atoms with Gasteiger partial charge in [-0.3, -0.25) is 4.57 Å². The Morgan fingerprint density at radius 2 is 1.71 bits per heavy atom. The summed E-state index contributed by atoms with van der Waals surface area (Å²) in [6.45, 7) is 2.42. The predicted molar refractivity (Wildman–Crippen MR) is 100 cm³/mol. The van der Waals surface area contributed by atoms with Crippen LogP contribution in [0.1, 0.15) is 31.2 Å². The number of anilines is 1. The number of unbranched alkanes of at least 4 members (excludes halogenated alkanes) is 1. The second-order valence-corrected chi connectivity index (χ2v) is 8.44. The predicted octanol–water partition coefficient (Wildman–Crippen LogP) is 4.16. The molecule has 2 aromatic carbocycles. The van der Waals surface area contributed by atoms with Gasteiger partial charge in [-0.2, -0.15) is 0 Å². The molecule has 0 bridgehead atoms. The first-order chi connectivity index (χ1) is 11.5. The standard InChI is InChI=1S/C19H26NO3P/c1-4-5-15-23-24(22,19(21)16-9-7-6-8-10-16)18-13-11-17(12-14-18)20(2)3/h6-14,19,21H,4-5,15H2,1-3H3. The number of aliphatic hydroxyl groups excluding tert-OH is 1. The smallest absolute Gasteiger partial charge is 0.264 e. The van der Waals surface area contributed by atoms with E-state index in [2.05, 4.69) is 0 Å². The van der Waals surface area contributed by atoms with Crippen molar-refractivity contribution in [1.82, 2.24) is 0 Å². The highest BCUT2D eigenvalue weighted by atomic mass is 31.2. The first kappa shape index (κ1) is 18.7. The average molecular weight is 347 g/mol. The molecule has 0 aliphatic heterocycles. The summed E-state index contributed by atoms with van der Waals surface area (Å²) in [5, 5.41) is 11.3. The third-order valence-electron chi connectivity index (χ3n) is 3.93. The van der Waals surface area contributed by atoms with E-state index in [1.54, 1.807) is 24.3 Å². The minimum atomic E-state index is -3.43. The van der Waals surface area contributed by atoms with Crippen molar-refractivity contribution in [3.63, 3.8) is 0 Å². The van der Waals surface area contributed by atoms with Crippen LogP contribution in [0, 0.1) is 0 Å². The Hall–Kier alpha value is -1.61. The maximum atomic E-state index is 13.6. The molecule has 2 rings (SSSR count). The molecule has 0 radical (unpaired) electrons. The molecule has 130 valence electrons. The zero-order valence-corrected chi connectivity index (χ0v) is 15.4. The van der Waals surface area contributed by atoms with Crippen LogP contribution in [-0.4, -0.2) is 25.8 Å². The highest BCUT2D eigenvalue weighted by Gasteiger charge is 2.36. The van der Waals surface area contributed by atoms with Gasteiger partial charge in [0.1, 0.15) is 0 Å². The SMILES string of the molecule is CCCCOP(=O)(c1ccc(N(C)C)cc1)C(O)c1ccccc1. The van der Waals surface area contributed by atoms with Gasteiger partial charge in [0.2, 0.25) is 0 Å². The second-order valence-electron chi connectivity index (χ2n) is 5.98. The van der Waals surface area contributed by atoms with Gasteiger partial charge < -0.3 is 14.5 Å². The average Bonchev–Trinajstić information content (AvgIpc) is 2.62. The number of aliphatic hydroxyl groups is 1. The Bertz CT molecular complexity index is 671. The highest BCUT2D eigenvalue weighted by Crippen LogP contribution is 2.57. The van der Waals surface area contributed by atoms with E-state index in [1.165, 1.54) is 0 Å². The fraction of sp³-hybridized carbons (Fsp3) is 0.368. The summed E-state index contributed by atoms with van der Waals surface area (Å²) in [6.07, 6.45) is 1.75. The minimum Gasteiger partial charge on any atom is -0.378 e. The summed E-state index contributed by atoms with van der Waals surface area (Å²) in [5.41, 5.74) is 1.61. The molecule has 0 amide bonds. The summed E-state index contributed by atoms with van der Waals surface area (Å²) in [6, 6.07) is 16.4. The minimum absolute atomic E-state index is 0.368. The fourth-order valence-electron chi connectivity index (χ4n) is 2.41. The van der Waals surface area contributed by atoms with Crippen LogP contribution >= 0.6 is 7.37 Å². The molecule has 0 aromatic heterocycles. The van der Waals surface area contributed by atoms with Crippen LogP contribution in [0.25, 0.3) is 0 Å². The molecule has 2 unspecified atom stereocenters. The Morgan fingerprint density at radius 1 is 1.08 bits per heavy atom. The van der Waals surface area contributed by atoms with Gasteiger partial charge in [-0.1, -0.05) is 43.7 Å². The van der Waals surface area contributed by atoms with E-state index in [-0.39, 0.29) is 0 Å². The van der Waals surface area contributed by atoms with E-state index in [4.69, 9.17) is 4.52 Å². The molecule has 0 saturated carbocycles. The van der Waals surface area contributed by atoms with Crippen molar-refractivity contribution < 1.29 is 14.2 Å². The molecule has 0 fully saturated rings. The van der Waals surface area contributed by atoms with E-state index >= 15 is 0 Å². The molecule has 24 heavy (non-hydrogen) atoms. The monoisotopic (exact) mass is 347 g/mol. The summed E-state index contributed by atoms with van der Waals surface area (Å²) < 4.78 is 19.3. The van der Waals surface area contributed by atoms with Crippen LogP contribution in [0.15, 0.2) is 54.6 Å². The topological polar surface area (TPSA) is 49.8 Å². The van der Waals surface area contributed by atoms with Gasteiger partial charge >= 0.3 is 0 Å². The van der Waals surface area contributed by atoms with Crippen LogP contribution in [-0.2, 0) is 9.09 Å². The van der Waals surface area contributed by atoms with E-state index in [0.29, 0.717) is 17.5 Å². The van der Waals surface area contributed by atoms with E-state index in [1.807, 2.05) is 56.3 Å². The van der Waals surface area contributed by atoms with Crippen molar-refractivity contribution in [2.45, 2.75) is 25.6 Å². The lowest BCUT2D eigenvalue weighted by Gasteiger charge is -2.25. The van der Waals surface area contributed by atoms with Gasteiger partial charge in [-0.25, -0.2) is 0 Å². The zero-order chi connectivity index (χ0) is 17.6. The van der Waals surface area contributed by atoms with Crippen molar-refractivity contribution in [3.05, 3.63) is 60.2 Å². The molecule has 2 atom stereocenters. The lowest BCUT2D eigenvalue weighted by molar-refractivity contribution is 0.213. The lowest BCUT2D eigenvalue weighted by Crippen LogP contribution is -2.16. The molecule has 0 aliphatic rings. The third kappa shape index (κ3) is 4.27. The molecule has 0 aliphatic carbocycles. The Morgan fingerprint density at radius 3 is 2.25 bits per heavy atom. The normalized spacial score (nSPS) is 14.8. The highest BCUT2D eigenvalue weighted by molar-refractivity contribution is 7.67. The van der Waals surface area contributed by atoms with Crippen LogP contribution in [0.4, 0.5) is 5.69 Å². The van der Waals surface area contributed by atoms with Gasteiger partial charge in [0.15, 0.2) is 5.85 Å². The number of nitrogens with zero attached hydrogens (tertiary/aromatic N) is 1. The third-order valence-corrected chi connectivity index (χ3v) is 6.45. The number of hydrogen-bond donors (Lipinski definition) is 1. The largest absolute Gasteiger partial charge is 0.378 e. The molecule has 2 aromatic rings. The maximum Gasteiger partial charge on any atom is 0.264 e. The summed E-state index contributed by atoms with van der Waals surface area (Å²) in [5.74, 6) is -1.17. The van der Waals surface area contributed by atoms with Crippen molar-refractivity contribution in [2.75, 3.05) is 25.6 Å². The van der Waals surface area contributed by atoms with Gasteiger partial charge in [0.25, 0.3) is 7.37 Å². The van der Waals surface area contributed by atoms with Gasteiger partial charge in [0, 0.05) is 25.1 Å². The van der Waals surface area contributed by atoms with E-state index < -0.39 is 13.2 Å². The molecule has 0 saturated heterocycles. The number of hydrogen-bond acceptors (Lipinski definition) is 4. The van der Waals surface area contributed by atoms with Crippen LogP contribution in [0.3, 0.4) is 0 Å². The Kier molecular flexibility index (Phi) is 6.61. The molecular formula is C19H26NO3P. The van der Waals surface area contributed by atoms with Crippen molar-refractivity contribution in [3.8, 4) is 0 Å². The lowest BCUT2D eigenvalue weighted by atomic mass is 10.2. The molecule has 0 spiro atoms. The molecule has 1 N–H and O–H groups in total. The molecule has 0 heterocycles. The van der Waals surface area contributed by atoms with Gasteiger partial charge in [0.05, 0.1) is 6.61 Å². The van der Waals surface area contributed by atoms with Crippen molar-refractivity contribution in [1.29, 1.82) is 0 Å². The van der Waals surface area contributed by atoms with Crippen molar-refractivity contribution in [2.24, 2.45) is 0 Å². The van der Waals surface area contributed by atoms with E-state index in [0.717, 1.165) is 18.5 Å². The summed E-state index contributed by atoms with van der Waals surface area (Å²) in [4.78, 5) is 1.97. The fourth-order valence-corrected chi connectivity index (χ4v) is 4.51. The first-order valence-corrected chi connectivity index (χ1v) is 9.93. The van der Waals surface area contributed by atoms with Gasteiger partial charge in [-0.05, 0) is 36.2 Å². The summed E-state index contributed by atoms with van der Waals surface area (Å²) >= 11 is 0. The zero-order valence-electron chi connectivity index (χ0n) is 14.6. The molecule has 4 nitrogen and oxygen atoms in total. The van der Waals surface area contributed by atoms with Crippen molar-refractivity contribution >= 4 is 18.4 Å². The number of benzene rings is 2. The van der Waals surface area contributed by atoms with Gasteiger partial charge in [-0.15, -0.1) is 0 Å². The van der Waals surface area contributed by atoms with Crippen LogP contribution in [0.5, 0.6) is 0 Å². The first-order valence-electron chi connectivity index (χ1n) is 8.24. The maximum absolute atomic E-state index is 13.6. The van der Waals surface area contributed by atoms with Crippen LogP contribution in [0.2, 0.25) is 0 Å². The van der Waals surface area contributed by atoms with E-state index in [9.17, 15) is 9.67 Å². The quantitative estimate of drug-likeness (QED) is 0.575. The van der Waals surface area contributed by atoms with Crippen LogP contribution < -0.4 is 10.2 Å². The Labute approximate surface area is 144 Å². The molecular weight excluding hydrogens is 321 g/mol.